The summed E-state index contributed by atoms with van der Waals surface area (Å²) in [5, 5.41) is 9.96. The van der Waals surface area contributed by atoms with E-state index in [-0.39, 0.29) is 5.75 Å². The van der Waals surface area contributed by atoms with Crippen LogP contribution < -0.4 is 19.1 Å². The molecule has 2 N–H and O–H groups in total. The fraction of sp³-hybridized carbons (Fsp3) is 0.368. The third kappa shape index (κ3) is 3.70. The van der Waals surface area contributed by atoms with Crippen LogP contribution in [0.2, 0.25) is 0 Å². The highest BCUT2D eigenvalue weighted by atomic mass is 79.9. The molecular weight excluding hydrogens is 386 g/mol. The van der Waals surface area contributed by atoms with Gasteiger partial charge in [0.2, 0.25) is 0 Å². The first-order valence-electron chi connectivity index (χ1n) is 8.18. The van der Waals surface area contributed by atoms with Crippen LogP contribution in [0.15, 0.2) is 28.7 Å². The Hall–Kier alpha value is -1.92. The van der Waals surface area contributed by atoms with E-state index in [4.69, 9.17) is 14.2 Å². The smallest absolute Gasteiger partial charge is 0.172 e. The Morgan fingerprint density at radius 2 is 1.60 bits per heavy atom. The van der Waals surface area contributed by atoms with Gasteiger partial charge in [0.05, 0.1) is 32.3 Å². The first-order chi connectivity index (χ1) is 12.0. The van der Waals surface area contributed by atoms with Crippen molar-refractivity contribution in [2.45, 2.75) is 19.5 Å². The van der Waals surface area contributed by atoms with E-state index in [0.29, 0.717) is 10.2 Å². The van der Waals surface area contributed by atoms with Crippen molar-refractivity contribution in [1.82, 2.24) is 0 Å². The molecule has 134 valence electrons. The molecule has 0 spiro atoms. The minimum atomic E-state index is 0.141. The Balaban J connectivity index is 1.80. The second kappa shape index (κ2) is 7.54. The van der Waals surface area contributed by atoms with E-state index in [1.807, 2.05) is 12.1 Å². The SMILES string of the molecule is COc1cc2c(cc1OC)C[NH+](Cc1cc(Br)c(O)c(OC)c1)CC2. The number of methoxy groups -OCH3 is 3. The summed E-state index contributed by atoms with van der Waals surface area (Å²) in [7, 11) is 4.90. The lowest BCUT2D eigenvalue weighted by molar-refractivity contribution is -0.929. The molecular formula is C19H23BrNO4+. The van der Waals surface area contributed by atoms with Gasteiger partial charge >= 0.3 is 0 Å². The van der Waals surface area contributed by atoms with Gasteiger partial charge in [-0.1, -0.05) is 0 Å². The Labute approximate surface area is 156 Å². The first kappa shape index (κ1) is 17.9. The molecule has 2 aromatic carbocycles. The van der Waals surface area contributed by atoms with Crippen molar-refractivity contribution in [2.75, 3.05) is 27.9 Å². The standard InChI is InChI=1S/C19H22BrNO4/c1-23-16-8-13-4-5-21(11-14(13)9-17(16)24-2)10-12-6-15(20)19(22)18(7-12)25-3/h6-9,22H,4-5,10-11H2,1-3H3/p+1. The van der Waals surface area contributed by atoms with Crippen molar-refractivity contribution in [3.63, 3.8) is 0 Å². The second-order valence-corrected chi connectivity index (χ2v) is 7.06. The molecule has 0 aliphatic carbocycles. The summed E-state index contributed by atoms with van der Waals surface area (Å²) >= 11 is 3.39. The van der Waals surface area contributed by atoms with Crippen LogP contribution in [0.25, 0.3) is 0 Å². The number of phenols is 1. The van der Waals surface area contributed by atoms with Crippen LogP contribution in [0.3, 0.4) is 0 Å². The molecule has 2 aromatic rings. The summed E-state index contributed by atoms with van der Waals surface area (Å²) in [6.07, 6.45) is 1.00. The zero-order chi connectivity index (χ0) is 18.0. The van der Waals surface area contributed by atoms with Crippen LogP contribution >= 0.6 is 15.9 Å². The van der Waals surface area contributed by atoms with Crippen molar-refractivity contribution >= 4 is 15.9 Å². The lowest BCUT2D eigenvalue weighted by Gasteiger charge is -2.27. The van der Waals surface area contributed by atoms with Crippen LogP contribution in [0.1, 0.15) is 16.7 Å². The molecule has 1 unspecified atom stereocenters. The number of phenolic OH excluding ortho intramolecular Hbond substituents is 1. The number of fused-ring (bicyclic) bond motifs is 1. The summed E-state index contributed by atoms with van der Waals surface area (Å²) in [5.41, 5.74) is 3.75. The Morgan fingerprint density at radius 1 is 0.960 bits per heavy atom. The highest BCUT2D eigenvalue weighted by molar-refractivity contribution is 9.10. The number of rotatable bonds is 5. The summed E-state index contributed by atoms with van der Waals surface area (Å²) < 4.78 is 16.7. The molecule has 0 amide bonds. The number of hydrogen-bond donors (Lipinski definition) is 2. The quantitative estimate of drug-likeness (QED) is 0.796. The molecule has 0 bridgehead atoms. The van der Waals surface area contributed by atoms with Gasteiger partial charge in [0.1, 0.15) is 13.1 Å². The highest BCUT2D eigenvalue weighted by Crippen LogP contribution is 2.35. The van der Waals surface area contributed by atoms with Crippen molar-refractivity contribution in [1.29, 1.82) is 0 Å². The van der Waals surface area contributed by atoms with Crippen LogP contribution in [0, 0.1) is 0 Å². The topological polar surface area (TPSA) is 52.4 Å². The first-order valence-corrected chi connectivity index (χ1v) is 8.97. The monoisotopic (exact) mass is 408 g/mol. The minimum absolute atomic E-state index is 0.141. The predicted molar refractivity (Wildman–Crippen MR) is 98.8 cm³/mol. The maximum atomic E-state index is 9.96. The molecule has 6 heteroatoms. The van der Waals surface area contributed by atoms with Crippen LogP contribution in [-0.4, -0.2) is 33.0 Å². The summed E-state index contributed by atoms with van der Waals surface area (Å²) in [6.45, 7) is 2.84. The normalized spacial score (nSPS) is 16.2. The summed E-state index contributed by atoms with van der Waals surface area (Å²) in [5.74, 6) is 2.20. The molecule has 25 heavy (non-hydrogen) atoms. The predicted octanol–water partition coefficient (Wildman–Crippen LogP) is 2.32. The maximum Gasteiger partial charge on any atom is 0.172 e. The molecule has 5 nitrogen and oxygen atoms in total. The molecule has 3 rings (SSSR count). The van der Waals surface area contributed by atoms with E-state index in [1.165, 1.54) is 16.0 Å². The second-order valence-electron chi connectivity index (χ2n) is 6.21. The van der Waals surface area contributed by atoms with Gasteiger partial charge in [-0.15, -0.1) is 0 Å². The maximum absolute atomic E-state index is 9.96. The molecule has 1 heterocycles. The fourth-order valence-corrected chi connectivity index (χ4v) is 3.84. The van der Waals surface area contributed by atoms with Gasteiger partial charge in [-0.25, -0.2) is 0 Å². The summed E-state index contributed by atoms with van der Waals surface area (Å²) in [4.78, 5) is 1.46. The van der Waals surface area contributed by atoms with Crippen molar-refractivity contribution in [3.05, 3.63) is 45.4 Å². The van der Waals surface area contributed by atoms with Crippen LogP contribution in [-0.2, 0) is 19.5 Å². The largest absolute Gasteiger partial charge is 0.503 e. The molecule has 1 atom stereocenters. The number of aromatic hydroxyl groups is 1. The molecule has 1 aliphatic rings. The van der Waals surface area contributed by atoms with Gasteiger partial charge in [-0.3, -0.25) is 0 Å². The van der Waals surface area contributed by atoms with Gasteiger partial charge in [0.15, 0.2) is 23.0 Å². The van der Waals surface area contributed by atoms with Gasteiger partial charge in [0.25, 0.3) is 0 Å². The van der Waals surface area contributed by atoms with E-state index in [0.717, 1.165) is 43.1 Å². The molecule has 0 aromatic heterocycles. The van der Waals surface area contributed by atoms with Crippen LogP contribution in [0.5, 0.6) is 23.0 Å². The van der Waals surface area contributed by atoms with Gasteiger partial charge in [-0.05, 0) is 45.8 Å². The van der Waals surface area contributed by atoms with Crippen LogP contribution in [0.4, 0.5) is 0 Å². The van der Waals surface area contributed by atoms with E-state index in [9.17, 15) is 5.11 Å². The number of benzene rings is 2. The zero-order valence-corrected chi connectivity index (χ0v) is 16.3. The third-order valence-corrected chi connectivity index (χ3v) is 5.26. The van der Waals surface area contributed by atoms with Gasteiger partial charge < -0.3 is 24.2 Å². The fourth-order valence-electron chi connectivity index (χ4n) is 3.35. The average molecular weight is 409 g/mol. The Bertz CT molecular complexity index is 779. The lowest BCUT2D eigenvalue weighted by atomic mass is 9.98. The third-order valence-electron chi connectivity index (χ3n) is 4.66. The van der Waals surface area contributed by atoms with E-state index in [1.54, 1.807) is 21.3 Å². The zero-order valence-electron chi connectivity index (χ0n) is 14.7. The highest BCUT2D eigenvalue weighted by Gasteiger charge is 2.23. The average Bonchev–Trinajstić information content (AvgIpc) is 2.63. The van der Waals surface area contributed by atoms with Gasteiger partial charge in [-0.2, -0.15) is 0 Å². The van der Waals surface area contributed by atoms with Crippen molar-refractivity contribution in [3.8, 4) is 23.0 Å². The molecule has 0 radical (unpaired) electrons. The molecule has 0 saturated heterocycles. The summed E-state index contributed by atoms with van der Waals surface area (Å²) in [6, 6.07) is 8.03. The molecule has 1 aliphatic heterocycles. The van der Waals surface area contributed by atoms with E-state index < -0.39 is 0 Å². The van der Waals surface area contributed by atoms with E-state index in [2.05, 4.69) is 28.1 Å². The minimum Gasteiger partial charge on any atom is -0.503 e. The van der Waals surface area contributed by atoms with Crippen molar-refractivity contribution in [2.24, 2.45) is 0 Å². The molecule has 0 fully saturated rings. The van der Waals surface area contributed by atoms with Crippen molar-refractivity contribution < 1.29 is 24.2 Å². The number of halogens is 1. The number of ether oxygens (including phenoxy) is 3. The Morgan fingerprint density at radius 3 is 2.24 bits per heavy atom. The number of hydrogen-bond acceptors (Lipinski definition) is 4. The molecule has 0 saturated carbocycles. The number of quaternary nitrogens is 1. The Kier molecular flexibility index (Phi) is 5.39. The van der Waals surface area contributed by atoms with E-state index >= 15 is 0 Å². The van der Waals surface area contributed by atoms with Gasteiger partial charge in [0, 0.05) is 17.5 Å². The number of nitrogens with one attached hydrogen (secondary N) is 1. The lowest BCUT2D eigenvalue weighted by Crippen LogP contribution is -3.10.